The average molecular weight is 444 g/mol. The normalized spacial score (nSPS) is 11.7. The van der Waals surface area contributed by atoms with Gasteiger partial charge in [0.25, 0.3) is 5.91 Å². The van der Waals surface area contributed by atoms with Crippen molar-refractivity contribution < 1.29 is 22.5 Å². The molecule has 32 heavy (non-hydrogen) atoms. The summed E-state index contributed by atoms with van der Waals surface area (Å²) in [7, 11) is 1.57. The van der Waals surface area contributed by atoms with E-state index in [-0.39, 0.29) is 23.7 Å². The van der Waals surface area contributed by atoms with Gasteiger partial charge in [0.1, 0.15) is 5.56 Å². The van der Waals surface area contributed by atoms with Crippen molar-refractivity contribution in [3.63, 3.8) is 0 Å². The van der Waals surface area contributed by atoms with Gasteiger partial charge in [0.15, 0.2) is 11.6 Å². The van der Waals surface area contributed by atoms with Crippen LogP contribution in [0.15, 0.2) is 59.5 Å². The Bertz CT molecular complexity index is 1230. The molecular formula is C21H19F3N6O2. The number of amides is 1. The second kappa shape index (κ2) is 8.33. The van der Waals surface area contributed by atoms with Crippen molar-refractivity contribution in [2.24, 2.45) is 0 Å². The van der Waals surface area contributed by atoms with Crippen LogP contribution in [0.3, 0.4) is 0 Å². The van der Waals surface area contributed by atoms with Gasteiger partial charge in [-0.05, 0) is 30.3 Å². The van der Waals surface area contributed by atoms with Gasteiger partial charge in [-0.3, -0.25) is 4.79 Å². The fourth-order valence-electron chi connectivity index (χ4n) is 3.20. The van der Waals surface area contributed by atoms with Crippen LogP contribution in [0.1, 0.15) is 34.6 Å². The van der Waals surface area contributed by atoms with Crippen molar-refractivity contribution in [3.05, 3.63) is 77.8 Å². The van der Waals surface area contributed by atoms with Crippen LogP contribution >= 0.6 is 0 Å². The van der Waals surface area contributed by atoms with Crippen LogP contribution in [0, 0.1) is 0 Å². The Hall–Kier alpha value is -3.89. The number of aryl methyl sites for hydroxylation is 1. The Morgan fingerprint density at radius 1 is 1.19 bits per heavy atom. The molecule has 0 unspecified atom stereocenters. The van der Waals surface area contributed by atoms with Gasteiger partial charge < -0.3 is 14.0 Å². The molecule has 0 N–H and O–H groups in total. The molecule has 3 aromatic heterocycles. The number of rotatable bonds is 6. The first-order valence-corrected chi connectivity index (χ1v) is 9.74. The smallest absolute Gasteiger partial charge is 0.337 e. The molecule has 1 amide bonds. The monoisotopic (exact) mass is 444 g/mol. The molecule has 0 aliphatic heterocycles. The van der Waals surface area contributed by atoms with Crippen LogP contribution in [0.2, 0.25) is 0 Å². The van der Waals surface area contributed by atoms with Crippen LogP contribution in [0.4, 0.5) is 13.2 Å². The van der Waals surface area contributed by atoms with Gasteiger partial charge in [0, 0.05) is 25.9 Å². The van der Waals surface area contributed by atoms with Gasteiger partial charge >= 0.3 is 6.18 Å². The Balaban J connectivity index is 1.72. The molecule has 166 valence electrons. The van der Waals surface area contributed by atoms with E-state index in [1.807, 2.05) is 6.92 Å². The summed E-state index contributed by atoms with van der Waals surface area (Å²) in [4.78, 5) is 18.8. The average Bonchev–Trinajstić information content (AvgIpc) is 3.52. The molecule has 0 saturated carbocycles. The number of hydrogen-bond acceptors (Lipinski definition) is 5. The predicted molar refractivity (Wildman–Crippen MR) is 107 cm³/mol. The minimum atomic E-state index is -4.50. The van der Waals surface area contributed by atoms with Crippen molar-refractivity contribution in [1.82, 2.24) is 29.4 Å². The highest BCUT2D eigenvalue weighted by atomic mass is 19.4. The molecule has 0 fully saturated rings. The van der Waals surface area contributed by atoms with Crippen molar-refractivity contribution in [2.75, 3.05) is 7.05 Å². The molecule has 0 saturated heterocycles. The van der Waals surface area contributed by atoms with Crippen molar-refractivity contribution >= 4 is 5.91 Å². The zero-order valence-electron chi connectivity index (χ0n) is 17.2. The third-order valence-electron chi connectivity index (χ3n) is 4.79. The van der Waals surface area contributed by atoms with Crippen LogP contribution in [0.25, 0.3) is 11.5 Å². The topological polar surface area (TPSA) is 82.0 Å². The zero-order valence-corrected chi connectivity index (χ0v) is 17.2. The van der Waals surface area contributed by atoms with Crippen LogP contribution in [-0.2, 0) is 19.1 Å². The first-order valence-electron chi connectivity index (χ1n) is 9.74. The quantitative estimate of drug-likeness (QED) is 0.451. The van der Waals surface area contributed by atoms with Gasteiger partial charge in [-0.25, -0.2) is 4.68 Å². The number of carbonyl (C=O) groups is 1. The zero-order chi connectivity index (χ0) is 22.9. The molecule has 4 rings (SSSR count). The van der Waals surface area contributed by atoms with E-state index < -0.39 is 17.6 Å². The Labute approximate surface area is 180 Å². The summed E-state index contributed by atoms with van der Waals surface area (Å²) in [6, 6.07) is 8.25. The molecular weight excluding hydrogens is 425 g/mol. The number of nitrogens with zero attached hydrogens (tertiary/aromatic N) is 6. The maximum atomic E-state index is 13.2. The molecule has 0 bridgehead atoms. The predicted octanol–water partition coefficient (Wildman–Crippen LogP) is 3.90. The molecule has 0 radical (unpaired) electrons. The molecule has 4 aromatic rings. The van der Waals surface area contributed by atoms with Crippen molar-refractivity contribution in [3.8, 4) is 11.5 Å². The number of halogens is 3. The second-order valence-electron chi connectivity index (χ2n) is 7.05. The summed E-state index contributed by atoms with van der Waals surface area (Å²) in [6.45, 7) is 1.96. The lowest BCUT2D eigenvalue weighted by molar-refractivity contribution is -0.137. The highest BCUT2D eigenvalue weighted by Gasteiger charge is 2.31. The Morgan fingerprint density at radius 3 is 2.59 bits per heavy atom. The molecule has 0 aliphatic carbocycles. The van der Waals surface area contributed by atoms with Gasteiger partial charge in [-0.2, -0.15) is 23.3 Å². The maximum absolute atomic E-state index is 13.2. The van der Waals surface area contributed by atoms with Crippen LogP contribution in [0.5, 0.6) is 0 Å². The Kier molecular flexibility index (Phi) is 5.56. The molecule has 0 aliphatic rings. The summed E-state index contributed by atoms with van der Waals surface area (Å²) in [5.74, 6) is 0.728. The molecule has 0 spiro atoms. The van der Waals surface area contributed by atoms with E-state index in [9.17, 15) is 18.0 Å². The second-order valence-corrected chi connectivity index (χ2v) is 7.05. The SMILES string of the molecule is CCc1noc(CN(C)C(=O)c2cnn(-c3cccc(C(F)(F)F)c3)c2-n2cccc2)n1. The first kappa shape index (κ1) is 21.3. The lowest BCUT2D eigenvalue weighted by atomic mass is 10.2. The van der Waals surface area contributed by atoms with Gasteiger partial charge in [0.05, 0.1) is 24.0 Å². The molecule has 0 atom stereocenters. The number of hydrogen-bond donors (Lipinski definition) is 0. The minimum Gasteiger partial charge on any atom is -0.337 e. The first-order chi connectivity index (χ1) is 15.3. The molecule has 11 heteroatoms. The third-order valence-corrected chi connectivity index (χ3v) is 4.79. The minimum absolute atomic E-state index is 0.0751. The number of benzene rings is 1. The van der Waals surface area contributed by atoms with Crippen LogP contribution in [-0.4, -0.2) is 42.3 Å². The summed E-state index contributed by atoms with van der Waals surface area (Å²) in [6.07, 6.45) is 0.798. The van der Waals surface area contributed by atoms with E-state index in [4.69, 9.17) is 4.52 Å². The maximum Gasteiger partial charge on any atom is 0.416 e. The van der Waals surface area contributed by atoms with Crippen molar-refractivity contribution in [1.29, 1.82) is 0 Å². The van der Waals surface area contributed by atoms with Crippen molar-refractivity contribution in [2.45, 2.75) is 26.1 Å². The van der Waals surface area contributed by atoms with E-state index >= 15 is 0 Å². The highest BCUT2D eigenvalue weighted by molar-refractivity contribution is 5.97. The van der Waals surface area contributed by atoms with E-state index in [1.54, 1.807) is 36.1 Å². The number of carbonyl (C=O) groups excluding carboxylic acids is 1. The van der Waals surface area contributed by atoms with E-state index in [1.165, 1.54) is 27.9 Å². The van der Waals surface area contributed by atoms with Crippen LogP contribution < -0.4 is 0 Å². The van der Waals surface area contributed by atoms with Gasteiger partial charge in [0.2, 0.25) is 5.89 Å². The van der Waals surface area contributed by atoms with E-state index in [0.717, 1.165) is 12.1 Å². The molecule has 8 nitrogen and oxygen atoms in total. The van der Waals surface area contributed by atoms with E-state index in [2.05, 4.69) is 15.2 Å². The number of aromatic nitrogens is 5. The lowest BCUT2D eigenvalue weighted by Crippen LogP contribution is -2.27. The van der Waals surface area contributed by atoms with Gasteiger partial charge in [-0.1, -0.05) is 18.1 Å². The fourth-order valence-corrected chi connectivity index (χ4v) is 3.20. The van der Waals surface area contributed by atoms with Gasteiger partial charge in [-0.15, -0.1) is 0 Å². The Morgan fingerprint density at radius 2 is 1.94 bits per heavy atom. The summed E-state index contributed by atoms with van der Waals surface area (Å²) in [5, 5.41) is 8.04. The molecule has 1 aromatic carbocycles. The standard InChI is InChI=1S/C21H19F3N6O2/c1-3-17-26-18(32-27-17)13-28(2)20(31)16-12-25-30(19(16)29-9-4-5-10-29)15-8-6-7-14(11-15)21(22,23)24/h4-12H,3,13H2,1-2H3. The largest absolute Gasteiger partial charge is 0.416 e. The van der Waals surface area contributed by atoms with E-state index in [0.29, 0.717) is 18.1 Å². The summed E-state index contributed by atoms with van der Waals surface area (Å²) < 4.78 is 47.7. The summed E-state index contributed by atoms with van der Waals surface area (Å²) >= 11 is 0. The third kappa shape index (κ3) is 4.13. The molecule has 3 heterocycles. The number of alkyl halides is 3. The highest BCUT2D eigenvalue weighted by Crippen LogP contribution is 2.31. The summed E-state index contributed by atoms with van der Waals surface area (Å²) in [5.41, 5.74) is -0.428. The lowest BCUT2D eigenvalue weighted by Gasteiger charge is -2.16. The fraction of sp³-hybridized carbons (Fsp3) is 0.238.